The van der Waals surface area contributed by atoms with E-state index in [9.17, 15) is 14.9 Å². The van der Waals surface area contributed by atoms with Crippen molar-refractivity contribution in [2.75, 3.05) is 31.5 Å². The van der Waals surface area contributed by atoms with E-state index in [1.165, 1.54) is 12.1 Å². The van der Waals surface area contributed by atoms with Crippen LogP contribution in [-0.4, -0.2) is 56.3 Å². The van der Waals surface area contributed by atoms with Crippen molar-refractivity contribution in [1.29, 1.82) is 0 Å². The van der Waals surface area contributed by atoms with Gasteiger partial charge in [0.25, 0.3) is 5.69 Å². The second-order valence-electron chi connectivity index (χ2n) is 6.67. The molecule has 0 unspecified atom stereocenters. The molecule has 0 atom stereocenters. The van der Waals surface area contributed by atoms with Gasteiger partial charge < -0.3 is 14.6 Å². The molecule has 2 aromatic heterocycles. The number of carbonyl (C=O) groups is 1. The van der Waals surface area contributed by atoms with Gasteiger partial charge in [0.15, 0.2) is 0 Å². The van der Waals surface area contributed by atoms with Crippen LogP contribution in [0.3, 0.4) is 0 Å². The molecule has 0 saturated carbocycles. The molecule has 4 rings (SSSR count). The lowest BCUT2D eigenvalue weighted by Gasteiger charge is -2.34. The highest BCUT2D eigenvalue weighted by Gasteiger charge is 2.23. The number of amides is 2. The quantitative estimate of drug-likeness (QED) is 0.554. The first-order chi connectivity index (χ1) is 13.6. The van der Waals surface area contributed by atoms with E-state index in [2.05, 4.69) is 15.2 Å². The molecule has 1 aliphatic heterocycles. The van der Waals surface area contributed by atoms with Crippen LogP contribution in [0.15, 0.2) is 54.9 Å². The van der Waals surface area contributed by atoms with Gasteiger partial charge in [-0.3, -0.25) is 15.0 Å². The Morgan fingerprint density at radius 2 is 1.86 bits per heavy atom. The van der Waals surface area contributed by atoms with E-state index in [4.69, 9.17) is 0 Å². The molecular formula is C19H20N6O3. The molecule has 3 aromatic rings. The van der Waals surface area contributed by atoms with Gasteiger partial charge in [-0.25, -0.2) is 9.78 Å². The maximum atomic E-state index is 12.5. The number of fused-ring (bicyclic) bond motifs is 1. The van der Waals surface area contributed by atoms with Gasteiger partial charge in [-0.2, -0.15) is 0 Å². The third-order valence-electron chi connectivity index (χ3n) is 4.80. The standard InChI is InChI=1S/C19H20N6O3/c26-19(21-16-5-1-2-6-17(16)25(27)28)23-11-9-22(10-12-23)13-15-14-24-8-4-3-7-18(24)20-15/h1-8,14H,9-13H2,(H,21,26). The SMILES string of the molecule is O=C(Nc1ccccc1[N+](=O)[O-])N1CCN(Cc2cn3ccccc3n2)CC1. The number of benzene rings is 1. The van der Waals surface area contributed by atoms with Crippen molar-refractivity contribution in [3.05, 3.63) is 70.7 Å². The first-order valence-corrected chi connectivity index (χ1v) is 9.04. The third kappa shape index (κ3) is 3.79. The average Bonchev–Trinajstić information content (AvgIpc) is 3.11. The molecule has 2 amide bonds. The van der Waals surface area contributed by atoms with Crippen LogP contribution in [0, 0.1) is 10.1 Å². The number of pyridine rings is 1. The number of piperazine rings is 1. The van der Waals surface area contributed by atoms with Gasteiger partial charge in [0.05, 0.1) is 10.6 Å². The fourth-order valence-electron chi connectivity index (χ4n) is 3.33. The van der Waals surface area contributed by atoms with Crippen molar-refractivity contribution in [2.24, 2.45) is 0 Å². The fraction of sp³-hybridized carbons (Fsp3) is 0.263. The number of imidazole rings is 1. The number of rotatable bonds is 4. The zero-order valence-electron chi connectivity index (χ0n) is 15.2. The van der Waals surface area contributed by atoms with Gasteiger partial charge in [0.1, 0.15) is 11.3 Å². The highest BCUT2D eigenvalue weighted by Crippen LogP contribution is 2.23. The topological polar surface area (TPSA) is 96.0 Å². The summed E-state index contributed by atoms with van der Waals surface area (Å²) >= 11 is 0. The van der Waals surface area contributed by atoms with E-state index in [0.29, 0.717) is 13.1 Å². The van der Waals surface area contributed by atoms with Crippen LogP contribution in [0.2, 0.25) is 0 Å². The molecule has 0 radical (unpaired) electrons. The summed E-state index contributed by atoms with van der Waals surface area (Å²) in [5.74, 6) is 0. The van der Waals surface area contributed by atoms with E-state index in [-0.39, 0.29) is 17.4 Å². The first-order valence-electron chi connectivity index (χ1n) is 9.04. The molecule has 9 heteroatoms. The van der Waals surface area contributed by atoms with Gasteiger partial charge in [-0.1, -0.05) is 18.2 Å². The molecule has 144 valence electrons. The number of anilines is 1. The molecule has 1 aromatic carbocycles. The fourth-order valence-corrected chi connectivity index (χ4v) is 3.33. The zero-order chi connectivity index (χ0) is 19.5. The van der Waals surface area contributed by atoms with E-state index in [1.807, 2.05) is 35.0 Å². The number of nitrogens with one attached hydrogen (secondary N) is 1. The number of hydrogen-bond donors (Lipinski definition) is 1. The van der Waals surface area contributed by atoms with Crippen LogP contribution in [0.5, 0.6) is 0 Å². The van der Waals surface area contributed by atoms with Crippen LogP contribution >= 0.6 is 0 Å². The predicted octanol–water partition coefficient (Wildman–Crippen LogP) is 2.59. The Labute approximate surface area is 161 Å². The molecule has 1 N–H and O–H groups in total. The number of aromatic nitrogens is 2. The molecule has 3 heterocycles. The summed E-state index contributed by atoms with van der Waals surface area (Å²) in [6.45, 7) is 3.28. The Balaban J connectivity index is 1.33. The second-order valence-corrected chi connectivity index (χ2v) is 6.67. The normalized spacial score (nSPS) is 14.9. The van der Waals surface area contributed by atoms with Crippen molar-refractivity contribution in [3.8, 4) is 0 Å². The van der Waals surface area contributed by atoms with Gasteiger partial charge >= 0.3 is 6.03 Å². The second kappa shape index (κ2) is 7.65. The first kappa shape index (κ1) is 17.9. The van der Waals surface area contributed by atoms with Crippen molar-refractivity contribution >= 4 is 23.1 Å². The summed E-state index contributed by atoms with van der Waals surface area (Å²) in [5, 5.41) is 13.7. The number of para-hydroxylation sites is 2. The van der Waals surface area contributed by atoms with E-state index in [1.54, 1.807) is 17.0 Å². The van der Waals surface area contributed by atoms with Crippen LogP contribution in [-0.2, 0) is 6.54 Å². The smallest absolute Gasteiger partial charge is 0.322 e. The molecule has 0 spiro atoms. The molecule has 28 heavy (non-hydrogen) atoms. The lowest BCUT2D eigenvalue weighted by molar-refractivity contribution is -0.383. The summed E-state index contributed by atoms with van der Waals surface area (Å²) in [7, 11) is 0. The zero-order valence-corrected chi connectivity index (χ0v) is 15.2. The highest BCUT2D eigenvalue weighted by atomic mass is 16.6. The molecule has 0 aliphatic carbocycles. The summed E-state index contributed by atoms with van der Waals surface area (Å²) in [5.41, 5.74) is 2.01. The third-order valence-corrected chi connectivity index (χ3v) is 4.80. The summed E-state index contributed by atoms with van der Waals surface area (Å²) in [4.78, 5) is 31.6. The molecular weight excluding hydrogens is 360 g/mol. The number of hydrogen-bond acceptors (Lipinski definition) is 5. The minimum Gasteiger partial charge on any atom is -0.322 e. The van der Waals surface area contributed by atoms with Crippen molar-refractivity contribution in [3.63, 3.8) is 0 Å². The number of nitro groups is 1. The van der Waals surface area contributed by atoms with Crippen molar-refractivity contribution in [1.82, 2.24) is 19.2 Å². The highest BCUT2D eigenvalue weighted by molar-refractivity contribution is 5.91. The van der Waals surface area contributed by atoms with Gasteiger partial charge in [-0.05, 0) is 18.2 Å². The minimum atomic E-state index is -0.498. The molecule has 0 bridgehead atoms. The van der Waals surface area contributed by atoms with Crippen molar-refractivity contribution in [2.45, 2.75) is 6.54 Å². The Bertz CT molecular complexity index is 977. The number of nitrogens with zero attached hydrogens (tertiary/aromatic N) is 5. The Morgan fingerprint density at radius 3 is 2.61 bits per heavy atom. The van der Waals surface area contributed by atoms with Crippen LogP contribution in [0.4, 0.5) is 16.2 Å². The molecule has 1 aliphatic rings. The lowest BCUT2D eigenvalue weighted by atomic mass is 10.2. The maximum absolute atomic E-state index is 12.5. The number of urea groups is 1. The van der Waals surface area contributed by atoms with E-state index >= 15 is 0 Å². The lowest BCUT2D eigenvalue weighted by Crippen LogP contribution is -2.49. The summed E-state index contributed by atoms with van der Waals surface area (Å²) in [6, 6.07) is 11.7. The summed E-state index contributed by atoms with van der Waals surface area (Å²) < 4.78 is 1.99. The predicted molar refractivity (Wildman–Crippen MR) is 104 cm³/mol. The van der Waals surface area contributed by atoms with Gasteiger partial charge in [0.2, 0.25) is 0 Å². The summed E-state index contributed by atoms with van der Waals surface area (Å²) in [6.07, 6.45) is 3.99. The van der Waals surface area contributed by atoms with Crippen molar-refractivity contribution < 1.29 is 9.72 Å². The van der Waals surface area contributed by atoms with Crippen LogP contribution in [0.1, 0.15) is 5.69 Å². The van der Waals surface area contributed by atoms with Gasteiger partial charge in [-0.15, -0.1) is 0 Å². The average molecular weight is 380 g/mol. The minimum absolute atomic E-state index is 0.110. The monoisotopic (exact) mass is 380 g/mol. The van der Waals surface area contributed by atoms with E-state index in [0.717, 1.165) is 31.0 Å². The van der Waals surface area contributed by atoms with Gasteiger partial charge in [0, 0.05) is 51.2 Å². The van der Waals surface area contributed by atoms with E-state index < -0.39 is 4.92 Å². The number of nitro benzene ring substituents is 1. The van der Waals surface area contributed by atoms with Crippen LogP contribution in [0.25, 0.3) is 5.65 Å². The molecule has 1 saturated heterocycles. The van der Waals surface area contributed by atoms with Crippen LogP contribution < -0.4 is 5.32 Å². The Morgan fingerprint density at radius 1 is 1.11 bits per heavy atom. The Hall–Kier alpha value is -3.46. The molecule has 1 fully saturated rings. The molecule has 9 nitrogen and oxygen atoms in total. The number of carbonyl (C=O) groups excluding carboxylic acids is 1. The Kier molecular flexibility index (Phi) is 4.90. The largest absolute Gasteiger partial charge is 0.322 e. The maximum Gasteiger partial charge on any atom is 0.322 e.